The Morgan fingerprint density at radius 2 is 2.20 bits per heavy atom. The van der Waals surface area contributed by atoms with Crippen LogP contribution in [0.3, 0.4) is 0 Å². The molecule has 1 N–H and O–H groups in total. The first-order valence-corrected chi connectivity index (χ1v) is 5.19. The number of hydrogen-bond acceptors (Lipinski definition) is 2. The molecule has 2 rings (SSSR count). The number of aromatic carboxylic acids is 1. The lowest BCUT2D eigenvalue weighted by Gasteiger charge is -2.28. The van der Waals surface area contributed by atoms with Gasteiger partial charge in [0.1, 0.15) is 5.69 Å². The Hall–Kier alpha value is -1.32. The first kappa shape index (κ1) is 10.2. The summed E-state index contributed by atoms with van der Waals surface area (Å²) in [6, 6.07) is 0. The fourth-order valence-corrected chi connectivity index (χ4v) is 2.30. The number of carboxylic acid groups (broad SMARTS) is 1. The highest BCUT2D eigenvalue weighted by molar-refractivity contribution is 5.87. The smallest absolute Gasteiger partial charge is 0.354 e. The molecule has 0 saturated carbocycles. The number of aryl methyl sites for hydroxylation is 2. The molecule has 15 heavy (non-hydrogen) atoms. The Kier molecular flexibility index (Phi) is 2.10. The molecule has 0 fully saturated rings. The summed E-state index contributed by atoms with van der Waals surface area (Å²) in [5.74, 6) is -0.871. The Morgan fingerprint density at radius 3 is 2.80 bits per heavy atom. The van der Waals surface area contributed by atoms with Crippen LogP contribution in [0, 0.1) is 5.41 Å². The molecule has 1 aromatic heterocycles. The zero-order chi connectivity index (χ0) is 11.2. The minimum Gasteiger partial charge on any atom is -0.477 e. The fourth-order valence-electron chi connectivity index (χ4n) is 2.30. The van der Waals surface area contributed by atoms with Gasteiger partial charge in [0.2, 0.25) is 0 Å². The zero-order valence-corrected chi connectivity index (χ0v) is 9.37. The summed E-state index contributed by atoms with van der Waals surface area (Å²) < 4.78 is 1.49. The van der Waals surface area contributed by atoms with Gasteiger partial charge in [0.05, 0.1) is 5.69 Å². The van der Waals surface area contributed by atoms with Gasteiger partial charge in [0, 0.05) is 12.6 Å². The standard InChI is InChI=1S/C11H16N2O2/c1-11(2)5-4-8-7(6-11)9(10(14)15)13(3)12-8/h4-6H2,1-3H3,(H,14,15). The number of hydrogen-bond donors (Lipinski definition) is 1. The van der Waals surface area contributed by atoms with Crippen LogP contribution in [0.15, 0.2) is 0 Å². The lowest BCUT2D eigenvalue weighted by Crippen LogP contribution is -2.23. The Morgan fingerprint density at radius 1 is 1.53 bits per heavy atom. The second kappa shape index (κ2) is 3.08. The van der Waals surface area contributed by atoms with E-state index in [1.165, 1.54) is 4.68 Å². The largest absolute Gasteiger partial charge is 0.477 e. The third kappa shape index (κ3) is 1.64. The van der Waals surface area contributed by atoms with Gasteiger partial charge in [-0.2, -0.15) is 5.10 Å². The number of carboxylic acids is 1. The van der Waals surface area contributed by atoms with Crippen LogP contribution in [-0.4, -0.2) is 20.9 Å². The van der Waals surface area contributed by atoms with Crippen molar-refractivity contribution in [2.24, 2.45) is 12.5 Å². The number of aromatic nitrogens is 2. The van der Waals surface area contributed by atoms with Gasteiger partial charge < -0.3 is 5.11 Å². The maximum absolute atomic E-state index is 11.1. The van der Waals surface area contributed by atoms with Crippen molar-refractivity contribution in [2.45, 2.75) is 33.1 Å². The lowest BCUT2D eigenvalue weighted by atomic mass is 9.76. The average molecular weight is 208 g/mol. The van der Waals surface area contributed by atoms with Crippen molar-refractivity contribution in [3.05, 3.63) is 17.0 Å². The molecule has 4 heteroatoms. The molecular formula is C11H16N2O2. The maximum Gasteiger partial charge on any atom is 0.354 e. The van der Waals surface area contributed by atoms with Crippen LogP contribution in [0.1, 0.15) is 42.0 Å². The van der Waals surface area contributed by atoms with E-state index >= 15 is 0 Å². The highest BCUT2D eigenvalue weighted by Gasteiger charge is 2.32. The summed E-state index contributed by atoms with van der Waals surface area (Å²) in [6.07, 6.45) is 2.79. The molecule has 0 aliphatic heterocycles. The average Bonchev–Trinajstić information content (AvgIpc) is 2.38. The third-order valence-electron chi connectivity index (χ3n) is 3.12. The molecule has 1 aliphatic rings. The molecule has 1 aliphatic carbocycles. The zero-order valence-electron chi connectivity index (χ0n) is 9.37. The Bertz CT molecular complexity index is 418. The van der Waals surface area contributed by atoms with E-state index in [-0.39, 0.29) is 5.41 Å². The second-order valence-corrected chi connectivity index (χ2v) is 5.04. The fraction of sp³-hybridized carbons (Fsp3) is 0.636. The number of fused-ring (bicyclic) bond motifs is 1. The maximum atomic E-state index is 11.1. The second-order valence-electron chi connectivity index (χ2n) is 5.04. The highest BCUT2D eigenvalue weighted by atomic mass is 16.4. The van der Waals surface area contributed by atoms with Crippen molar-refractivity contribution in [2.75, 3.05) is 0 Å². The van der Waals surface area contributed by atoms with E-state index in [2.05, 4.69) is 18.9 Å². The van der Waals surface area contributed by atoms with E-state index < -0.39 is 5.97 Å². The predicted octanol–water partition coefficient (Wildman–Crippen LogP) is 1.63. The van der Waals surface area contributed by atoms with Crippen molar-refractivity contribution in [1.82, 2.24) is 9.78 Å². The number of rotatable bonds is 1. The van der Waals surface area contributed by atoms with Crippen LogP contribution >= 0.6 is 0 Å². The van der Waals surface area contributed by atoms with Crippen molar-refractivity contribution in [3.8, 4) is 0 Å². The molecule has 1 heterocycles. The third-order valence-corrected chi connectivity index (χ3v) is 3.12. The van der Waals surface area contributed by atoms with Crippen molar-refractivity contribution in [3.63, 3.8) is 0 Å². The van der Waals surface area contributed by atoms with Gasteiger partial charge in [-0.3, -0.25) is 4.68 Å². The van der Waals surface area contributed by atoms with Gasteiger partial charge in [0.25, 0.3) is 0 Å². The van der Waals surface area contributed by atoms with Crippen LogP contribution in [0.4, 0.5) is 0 Å². The van der Waals surface area contributed by atoms with Crippen LogP contribution in [0.2, 0.25) is 0 Å². The highest BCUT2D eigenvalue weighted by Crippen LogP contribution is 2.35. The molecular weight excluding hydrogens is 192 g/mol. The summed E-state index contributed by atoms with van der Waals surface area (Å²) in [7, 11) is 1.70. The lowest BCUT2D eigenvalue weighted by molar-refractivity contribution is 0.0683. The van der Waals surface area contributed by atoms with Crippen LogP contribution < -0.4 is 0 Å². The van der Waals surface area contributed by atoms with E-state index in [9.17, 15) is 4.79 Å². The Balaban J connectivity index is 2.51. The van der Waals surface area contributed by atoms with E-state index in [0.29, 0.717) is 5.69 Å². The molecule has 0 unspecified atom stereocenters. The van der Waals surface area contributed by atoms with Crippen molar-refractivity contribution < 1.29 is 9.90 Å². The number of carbonyl (C=O) groups is 1. The van der Waals surface area contributed by atoms with Crippen LogP contribution in [0.25, 0.3) is 0 Å². The first-order chi connectivity index (χ1) is 6.91. The quantitative estimate of drug-likeness (QED) is 0.763. The molecule has 0 atom stereocenters. The van der Waals surface area contributed by atoms with E-state index in [0.717, 1.165) is 30.5 Å². The minimum absolute atomic E-state index is 0.195. The van der Waals surface area contributed by atoms with Crippen LogP contribution in [0.5, 0.6) is 0 Å². The summed E-state index contributed by atoms with van der Waals surface area (Å²) in [6.45, 7) is 4.35. The first-order valence-electron chi connectivity index (χ1n) is 5.19. The van der Waals surface area contributed by atoms with Gasteiger partial charge in [-0.05, 0) is 24.7 Å². The van der Waals surface area contributed by atoms with Gasteiger partial charge in [0.15, 0.2) is 0 Å². The van der Waals surface area contributed by atoms with E-state index in [4.69, 9.17) is 5.11 Å². The van der Waals surface area contributed by atoms with Gasteiger partial charge >= 0.3 is 5.97 Å². The van der Waals surface area contributed by atoms with Gasteiger partial charge in [-0.1, -0.05) is 13.8 Å². The molecule has 1 aromatic rings. The molecule has 0 saturated heterocycles. The molecule has 0 radical (unpaired) electrons. The predicted molar refractivity (Wildman–Crippen MR) is 56.0 cm³/mol. The normalized spacial score (nSPS) is 18.6. The molecule has 0 aromatic carbocycles. The van der Waals surface area contributed by atoms with Crippen molar-refractivity contribution in [1.29, 1.82) is 0 Å². The summed E-state index contributed by atoms with van der Waals surface area (Å²) in [4.78, 5) is 11.1. The monoisotopic (exact) mass is 208 g/mol. The summed E-state index contributed by atoms with van der Waals surface area (Å²) >= 11 is 0. The number of nitrogens with zero attached hydrogens (tertiary/aromatic N) is 2. The van der Waals surface area contributed by atoms with Crippen molar-refractivity contribution >= 4 is 5.97 Å². The van der Waals surface area contributed by atoms with E-state index in [1.54, 1.807) is 7.05 Å². The molecule has 0 amide bonds. The van der Waals surface area contributed by atoms with Gasteiger partial charge in [-0.25, -0.2) is 4.79 Å². The van der Waals surface area contributed by atoms with E-state index in [1.807, 2.05) is 0 Å². The SMILES string of the molecule is Cn1nc2c(c1C(=O)O)CC(C)(C)CC2. The van der Waals surface area contributed by atoms with Crippen LogP contribution in [-0.2, 0) is 19.9 Å². The Labute approximate surface area is 88.9 Å². The molecule has 0 spiro atoms. The summed E-state index contributed by atoms with van der Waals surface area (Å²) in [5.41, 5.74) is 2.45. The molecule has 0 bridgehead atoms. The minimum atomic E-state index is -0.871. The topological polar surface area (TPSA) is 55.1 Å². The molecule has 82 valence electrons. The summed E-state index contributed by atoms with van der Waals surface area (Å²) in [5, 5.41) is 13.4. The van der Waals surface area contributed by atoms with Gasteiger partial charge in [-0.15, -0.1) is 0 Å². The molecule has 4 nitrogen and oxygen atoms in total.